The Hall–Kier alpha value is -5.04. The number of likely N-dealkylation sites (tertiary alicyclic amines) is 1. The van der Waals surface area contributed by atoms with Gasteiger partial charge in [-0.15, -0.1) is 5.06 Å². The minimum absolute atomic E-state index is 0.00272. The van der Waals surface area contributed by atoms with Crippen molar-refractivity contribution in [3.8, 4) is 22.5 Å². The average Bonchev–Trinajstić information content (AvgIpc) is 3.30. The molecule has 3 aliphatic heterocycles. The highest BCUT2D eigenvalue weighted by molar-refractivity contribution is 7.90. The number of benzene rings is 3. The van der Waals surface area contributed by atoms with Gasteiger partial charge in [-0.1, -0.05) is 0 Å². The summed E-state index contributed by atoms with van der Waals surface area (Å²) in [6, 6.07) is 14.2. The average molecular weight is 617 g/mol. The third kappa shape index (κ3) is 5.30. The smallest absolute Gasteiger partial charge is 0.336 e. The number of piperidine rings is 1. The Morgan fingerprint density at radius 1 is 0.955 bits per heavy atom. The number of carbonyl (C=O) groups is 4. The lowest BCUT2D eigenvalue weighted by atomic mass is 9.89. The normalized spacial score (nSPS) is 16.2. The van der Waals surface area contributed by atoms with E-state index in [9.17, 15) is 27.6 Å². The standard InChI is InChI=1S/C31H28N4O8S/c1-44(40,41)20-4-7-21(30(38)34-12-10-17(11-13-34)31(39)43-35-27(36)8-9-28(35)37)24(16-20)29-22-5-2-18(32)14-25(22)42-26-15-19(33)3-6-23(26)29/h2-7,14-17,32H,8-13,33H2,1H3. The highest BCUT2D eigenvalue weighted by atomic mass is 32.2. The van der Waals surface area contributed by atoms with Crippen LogP contribution in [0, 0.1) is 11.3 Å². The molecule has 3 N–H and O–H groups in total. The van der Waals surface area contributed by atoms with Gasteiger partial charge in [0.15, 0.2) is 9.84 Å². The van der Waals surface area contributed by atoms with E-state index >= 15 is 0 Å². The Labute approximate surface area is 251 Å². The number of nitrogens with two attached hydrogens (primary N) is 1. The highest BCUT2D eigenvalue weighted by Gasteiger charge is 2.37. The minimum atomic E-state index is -3.66. The second-order valence-electron chi connectivity index (χ2n) is 11.0. The molecule has 3 heterocycles. The Bertz CT molecular complexity index is 1990. The van der Waals surface area contributed by atoms with Crippen molar-refractivity contribution in [1.82, 2.24) is 9.96 Å². The van der Waals surface area contributed by atoms with Crippen molar-refractivity contribution in [3.05, 3.63) is 65.5 Å². The molecule has 0 radical (unpaired) electrons. The van der Waals surface area contributed by atoms with Crippen LogP contribution in [-0.4, -0.2) is 61.4 Å². The molecule has 13 heteroatoms. The number of nitrogens with zero attached hydrogens (tertiary/aromatic N) is 2. The summed E-state index contributed by atoms with van der Waals surface area (Å²) in [5.41, 5.74) is 8.59. The summed E-state index contributed by atoms with van der Waals surface area (Å²) < 4.78 is 31.3. The molecular weight excluding hydrogens is 588 g/mol. The number of hydroxylamine groups is 2. The molecule has 0 atom stereocenters. The molecule has 2 saturated heterocycles. The van der Waals surface area contributed by atoms with Crippen LogP contribution in [0.1, 0.15) is 36.0 Å². The summed E-state index contributed by atoms with van der Waals surface area (Å²) in [7, 11) is -3.66. The van der Waals surface area contributed by atoms with Crippen molar-refractivity contribution in [2.24, 2.45) is 5.92 Å². The van der Waals surface area contributed by atoms with Gasteiger partial charge in [0.2, 0.25) is 0 Å². The lowest BCUT2D eigenvalue weighted by molar-refractivity contribution is -0.201. The molecule has 2 fully saturated rings. The van der Waals surface area contributed by atoms with Crippen molar-refractivity contribution in [2.45, 2.75) is 30.6 Å². The van der Waals surface area contributed by atoms with E-state index in [1.54, 1.807) is 35.2 Å². The summed E-state index contributed by atoms with van der Waals surface area (Å²) in [6.07, 6.45) is 1.58. The third-order valence-electron chi connectivity index (χ3n) is 7.97. The Morgan fingerprint density at radius 3 is 2.34 bits per heavy atom. The first-order chi connectivity index (χ1) is 20.9. The SMILES string of the molecule is CS(=O)(=O)c1ccc(C(=O)N2CCC(C(=O)ON3C(=O)CCC3=O)CC2)c(-c2c3ccc(=N)cc-3oc3cc(N)ccc23)c1. The predicted octanol–water partition coefficient (Wildman–Crippen LogP) is 3.13. The molecule has 2 aromatic rings. The van der Waals surface area contributed by atoms with E-state index < -0.39 is 33.5 Å². The van der Waals surface area contributed by atoms with Gasteiger partial charge in [0, 0.05) is 72.1 Å². The van der Waals surface area contributed by atoms with Crippen molar-refractivity contribution in [3.63, 3.8) is 0 Å². The van der Waals surface area contributed by atoms with Crippen LogP contribution in [-0.2, 0) is 29.1 Å². The fraction of sp³-hybridized carbons (Fsp3) is 0.258. The van der Waals surface area contributed by atoms with Gasteiger partial charge < -0.3 is 25.3 Å². The van der Waals surface area contributed by atoms with Crippen molar-refractivity contribution >= 4 is 50.2 Å². The van der Waals surface area contributed by atoms with E-state index in [1.807, 2.05) is 0 Å². The number of hydrogen-bond donors (Lipinski definition) is 2. The molecule has 4 aliphatic rings. The summed E-state index contributed by atoms with van der Waals surface area (Å²) in [5.74, 6) is -2.43. The summed E-state index contributed by atoms with van der Waals surface area (Å²) in [4.78, 5) is 57.1. The first-order valence-corrected chi connectivity index (χ1v) is 15.8. The zero-order valence-corrected chi connectivity index (χ0v) is 24.5. The van der Waals surface area contributed by atoms with Gasteiger partial charge in [0.1, 0.15) is 11.3 Å². The highest BCUT2D eigenvalue weighted by Crippen LogP contribution is 2.42. The van der Waals surface area contributed by atoms with Gasteiger partial charge in [-0.05, 0) is 60.9 Å². The topological polar surface area (TPSA) is 181 Å². The summed E-state index contributed by atoms with van der Waals surface area (Å²) >= 11 is 0. The molecule has 0 aromatic heterocycles. The Balaban J connectivity index is 1.38. The van der Waals surface area contributed by atoms with Crippen molar-refractivity contribution < 1.29 is 36.9 Å². The third-order valence-corrected chi connectivity index (χ3v) is 9.08. The van der Waals surface area contributed by atoms with E-state index in [0.29, 0.717) is 44.2 Å². The number of carbonyl (C=O) groups excluding carboxylic acids is 4. The van der Waals surface area contributed by atoms with Gasteiger partial charge in [0.25, 0.3) is 17.7 Å². The van der Waals surface area contributed by atoms with Gasteiger partial charge in [-0.3, -0.25) is 14.4 Å². The molecule has 44 heavy (non-hydrogen) atoms. The van der Waals surface area contributed by atoms with E-state index in [1.165, 1.54) is 24.3 Å². The lowest BCUT2D eigenvalue weighted by Crippen LogP contribution is -2.42. The van der Waals surface area contributed by atoms with E-state index in [4.69, 9.17) is 20.4 Å². The van der Waals surface area contributed by atoms with Crippen molar-refractivity contribution in [2.75, 3.05) is 25.1 Å². The van der Waals surface area contributed by atoms with Crippen LogP contribution in [0.25, 0.3) is 33.4 Å². The largest absolute Gasteiger partial charge is 0.456 e. The molecule has 0 bridgehead atoms. The molecule has 6 rings (SSSR count). The quantitative estimate of drug-likeness (QED) is 0.193. The molecule has 0 saturated carbocycles. The Kier molecular flexibility index (Phi) is 7.20. The van der Waals surface area contributed by atoms with Gasteiger partial charge in [0.05, 0.1) is 16.2 Å². The first kappa shape index (κ1) is 29.1. The molecule has 12 nitrogen and oxygen atoms in total. The fourth-order valence-corrected chi connectivity index (χ4v) is 6.30. The van der Waals surface area contributed by atoms with Crippen LogP contribution in [0.2, 0.25) is 0 Å². The van der Waals surface area contributed by atoms with Crippen LogP contribution < -0.4 is 11.1 Å². The second-order valence-corrected chi connectivity index (χ2v) is 13.0. The number of fused-ring (bicyclic) bond motifs is 2. The number of anilines is 1. The van der Waals surface area contributed by atoms with Crippen LogP contribution in [0.15, 0.2) is 63.9 Å². The monoisotopic (exact) mass is 616 g/mol. The van der Waals surface area contributed by atoms with Gasteiger partial charge >= 0.3 is 5.97 Å². The van der Waals surface area contributed by atoms with Crippen LogP contribution >= 0.6 is 0 Å². The Morgan fingerprint density at radius 2 is 1.66 bits per heavy atom. The lowest BCUT2D eigenvalue weighted by Gasteiger charge is -2.32. The van der Waals surface area contributed by atoms with Crippen LogP contribution in [0.4, 0.5) is 5.69 Å². The summed E-state index contributed by atoms with van der Waals surface area (Å²) in [6.45, 7) is 0.385. The maximum Gasteiger partial charge on any atom is 0.336 e. The van der Waals surface area contributed by atoms with Gasteiger partial charge in [-0.2, -0.15) is 0 Å². The minimum Gasteiger partial charge on any atom is -0.456 e. The number of nitrogen functional groups attached to an aromatic ring is 1. The predicted molar refractivity (Wildman–Crippen MR) is 157 cm³/mol. The number of nitrogens with one attached hydrogen (secondary N) is 1. The van der Waals surface area contributed by atoms with Crippen LogP contribution in [0.5, 0.6) is 0 Å². The van der Waals surface area contributed by atoms with Crippen molar-refractivity contribution in [1.29, 1.82) is 5.41 Å². The van der Waals surface area contributed by atoms with Gasteiger partial charge in [-0.25, -0.2) is 13.2 Å². The number of imide groups is 1. The molecule has 3 amide bonds. The van der Waals surface area contributed by atoms with E-state index in [0.717, 1.165) is 6.26 Å². The number of rotatable bonds is 5. The zero-order chi connectivity index (χ0) is 31.3. The number of amides is 3. The molecular formula is C31H28N4O8S. The maximum atomic E-state index is 14.1. The number of hydrogen-bond acceptors (Lipinski definition) is 10. The fourth-order valence-electron chi connectivity index (χ4n) is 5.66. The van der Waals surface area contributed by atoms with E-state index in [-0.39, 0.29) is 60.5 Å². The molecule has 1 aliphatic carbocycles. The number of sulfone groups is 1. The van der Waals surface area contributed by atoms with E-state index in [2.05, 4.69) is 0 Å². The molecule has 2 aromatic carbocycles. The van der Waals surface area contributed by atoms with Crippen LogP contribution in [0.3, 0.4) is 0 Å². The maximum absolute atomic E-state index is 14.1. The second kappa shape index (κ2) is 10.9. The molecule has 0 spiro atoms. The molecule has 0 unspecified atom stereocenters. The zero-order valence-electron chi connectivity index (χ0n) is 23.7. The summed E-state index contributed by atoms with van der Waals surface area (Å²) in [5, 5.41) is 9.42. The first-order valence-electron chi connectivity index (χ1n) is 13.9. The molecule has 226 valence electrons.